The maximum absolute atomic E-state index is 12.4. The first-order valence-electron chi connectivity index (χ1n) is 5.69. The predicted molar refractivity (Wildman–Crippen MR) is 85.3 cm³/mol. The molecule has 1 N–H and O–H groups in total. The van der Waals surface area contributed by atoms with Crippen LogP contribution in [0.15, 0.2) is 32.2 Å². The molecule has 108 valence electrons. The summed E-state index contributed by atoms with van der Waals surface area (Å²) in [6, 6.07) is 3.34. The van der Waals surface area contributed by atoms with E-state index < -0.39 is 10.0 Å². The van der Waals surface area contributed by atoms with Crippen LogP contribution in [0.1, 0.15) is 11.3 Å². The van der Waals surface area contributed by atoms with Crippen LogP contribution in [0.25, 0.3) is 0 Å². The maximum Gasteiger partial charge on any atom is 0.263 e. The number of anilines is 1. The monoisotopic (exact) mass is 421 g/mol. The molecule has 0 saturated heterocycles. The highest BCUT2D eigenvalue weighted by Gasteiger charge is 2.20. The van der Waals surface area contributed by atoms with E-state index in [0.717, 1.165) is 10.0 Å². The minimum atomic E-state index is -3.67. The molecule has 1 heterocycles. The second-order valence-electron chi connectivity index (χ2n) is 4.44. The maximum atomic E-state index is 12.4. The Hall–Kier alpha value is -0.860. The van der Waals surface area contributed by atoms with Gasteiger partial charge in [-0.25, -0.2) is 8.42 Å². The molecule has 1 aromatic carbocycles. The Morgan fingerprint density at radius 2 is 1.85 bits per heavy atom. The van der Waals surface area contributed by atoms with E-state index in [1.54, 1.807) is 37.0 Å². The number of nitrogens with one attached hydrogen (secondary N) is 1. The van der Waals surface area contributed by atoms with Gasteiger partial charge in [-0.3, -0.25) is 9.40 Å². The van der Waals surface area contributed by atoms with Gasteiger partial charge in [-0.1, -0.05) is 15.9 Å². The molecule has 0 amide bonds. The lowest BCUT2D eigenvalue weighted by Crippen LogP contribution is -2.14. The second kappa shape index (κ2) is 5.50. The van der Waals surface area contributed by atoms with Crippen LogP contribution in [-0.4, -0.2) is 18.2 Å². The van der Waals surface area contributed by atoms with E-state index in [1.165, 1.54) is 0 Å². The van der Waals surface area contributed by atoms with Gasteiger partial charge >= 0.3 is 0 Å². The van der Waals surface area contributed by atoms with Gasteiger partial charge in [-0.2, -0.15) is 5.10 Å². The molecule has 0 atom stereocenters. The fourth-order valence-electron chi connectivity index (χ4n) is 1.73. The minimum absolute atomic E-state index is 0.179. The van der Waals surface area contributed by atoms with Crippen LogP contribution in [0.3, 0.4) is 0 Å². The number of hydrogen-bond acceptors (Lipinski definition) is 3. The highest BCUT2D eigenvalue weighted by atomic mass is 79.9. The van der Waals surface area contributed by atoms with Crippen LogP contribution < -0.4 is 4.72 Å². The first kappa shape index (κ1) is 15.5. The largest absolute Gasteiger partial charge is 0.276 e. The summed E-state index contributed by atoms with van der Waals surface area (Å²) in [4.78, 5) is 0.179. The summed E-state index contributed by atoms with van der Waals surface area (Å²) in [5.41, 5.74) is 2.04. The Morgan fingerprint density at radius 3 is 2.40 bits per heavy atom. The van der Waals surface area contributed by atoms with E-state index in [0.29, 0.717) is 15.9 Å². The molecule has 2 aromatic rings. The molecule has 0 radical (unpaired) electrons. The SMILES string of the molecule is Cc1cc(Br)c(S(=O)(=O)Nc2cn(C)nc2C)cc1Br. The van der Waals surface area contributed by atoms with Gasteiger partial charge in [0, 0.05) is 22.2 Å². The molecule has 0 bridgehead atoms. The number of benzene rings is 1. The summed E-state index contributed by atoms with van der Waals surface area (Å²) in [7, 11) is -1.93. The molecule has 0 unspecified atom stereocenters. The topological polar surface area (TPSA) is 64.0 Å². The summed E-state index contributed by atoms with van der Waals surface area (Å²) >= 11 is 6.64. The van der Waals surface area contributed by atoms with Gasteiger partial charge in [0.15, 0.2) is 0 Å². The van der Waals surface area contributed by atoms with Crippen LogP contribution in [0.5, 0.6) is 0 Å². The zero-order valence-corrected chi connectivity index (χ0v) is 15.1. The smallest absolute Gasteiger partial charge is 0.263 e. The van der Waals surface area contributed by atoms with E-state index in [9.17, 15) is 8.42 Å². The average Bonchev–Trinajstić information content (AvgIpc) is 2.61. The fourth-order valence-corrected chi connectivity index (χ4v) is 4.51. The number of aromatic nitrogens is 2. The predicted octanol–water partition coefficient (Wildman–Crippen LogP) is 3.36. The van der Waals surface area contributed by atoms with Crippen molar-refractivity contribution in [2.75, 3.05) is 4.72 Å². The number of halogens is 2. The van der Waals surface area contributed by atoms with Gasteiger partial charge in [0.05, 0.1) is 11.4 Å². The van der Waals surface area contributed by atoms with Crippen LogP contribution in [0.2, 0.25) is 0 Å². The van der Waals surface area contributed by atoms with E-state index >= 15 is 0 Å². The fraction of sp³-hybridized carbons (Fsp3) is 0.250. The molecule has 20 heavy (non-hydrogen) atoms. The molecule has 1 aromatic heterocycles. The van der Waals surface area contributed by atoms with Gasteiger partial charge in [-0.15, -0.1) is 0 Å². The van der Waals surface area contributed by atoms with Gasteiger partial charge in [-0.05, 0) is 47.5 Å². The van der Waals surface area contributed by atoms with Crippen molar-refractivity contribution >= 4 is 47.6 Å². The number of hydrogen-bond donors (Lipinski definition) is 1. The Morgan fingerprint density at radius 1 is 1.20 bits per heavy atom. The van der Waals surface area contributed by atoms with Crippen molar-refractivity contribution in [3.05, 3.63) is 38.5 Å². The quantitative estimate of drug-likeness (QED) is 0.824. The lowest BCUT2D eigenvalue weighted by Gasteiger charge is -2.10. The average molecular weight is 423 g/mol. The molecule has 0 aliphatic rings. The van der Waals surface area contributed by atoms with Crippen LogP contribution in [-0.2, 0) is 17.1 Å². The van der Waals surface area contributed by atoms with E-state index in [2.05, 4.69) is 41.7 Å². The molecule has 0 spiro atoms. The lowest BCUT2D eigenvalue weighted by atomic mass is 10.2. The molecular formula is C12H13Br2N3O2S. The van der Waals surface area contributed by atoms with Crippen molar-refractivity contribution < 1.29 is 8.42 Å². The van der Waals surface area contributed by atoms with Gasteiger partial charge in [0.2, 0.25) is 0 Å². The van der Waals surface area contributed by atoms with Crippen LogP contribution >= 0.6 is 31.9 Å². The Balaban J connectivity index is 2.46. The molecule has 5 nitrogen and oxygen atoms in total. The third-order valence-electron chi connectivity index (χ3n) is 2.76. The van der Waals surface area contributed by atoms with Crippen molar-refractivity contribution in [2.45, 2.75) is 18.7 Å². The van der Waals surface area contributed by atoms with Crippen molar-refractivity contribution in [2.24, 2.45) is 7.05 Å². The lowest BCUT2D eigenvalue weighted by molar-refractivity contribution is 0.600. The molecule has 2 rings (SSSR count). The highest BCUT2D eigenvalue weighted by Crippen LogP contribution is 2.30. The van der Waals surface area contributed by atoms with Crippen LogP contribution in [0.4, 0.5) is 5.69 Å². The summed E-state index contributed by atoms with van der Waals surface area (Å²) in [5, 5.41) is 4.11. The van der Waals surface area contributed by atoms with Crippen molar-refractivity contribution in [1.82, 2.24) is 9.78 Å². The van der Waals surface area contributed by atoms with E-state index in [4.69, 9.17) is 0 Å². The zero-order chi connectivity index (χ0) is 15.1. The Kier molecular flexibility index (Phi) is 4.27. The highest BCUT2D eigenvalue weighted by molar-refractivity contribution is 9.11. The van der Waals surface area contributed by atoms with Gasteiger partial charge in [0.25, 0.3) is 10.0 Å². The molecule has 0 fully saturated rings. The van der Waals surface area contributed by atoms with Gasteiger partial charge in [0.1, 0.15) is 4.90 Å². The van der Waals surface area contributed by atoms with Crippen LogP contribution in [0, 0.1) is 13.8 Å². The third-order valence-corrected chi connectivity index (χ3v) is 5.94. The molecule has 0 aliphatic carbocycles. The minimum Gasteiger partial charge on any atom is -0.276 e. The molecular weight excluding hydrogens is 410 g/mol. The normalized spacial score (nSPS) is 11.7. The molecule has 8 heteroatoms. The van der Waals surface area contributed by atoms with E-state index in [-0.39, 0.29) is 4.90 Å². The number of aryl methyl sites for hydroxylation is 3. The number of sulfonamides is 1. The molecule has 0 saturated carbocycles. The first-order valence-corrected chi connectivity index (χ1v) is 8.76. The first-order chi connectivity index (χ1) is 9.20. The number of nitrogens with zero attached hydrogens (tertiary/aromatic N) is 2. The van der Waals surface area contributed by atoms with Gasteiger partial charge < -0.3 is 0 Å². The Bertz CT molecular complexity index is 769. The van der Waals surface area contributed by atoms with Crippen molar-refractivity contribution in [3.8, 4) is 0 Å². The number of rotatable bonds is 3. The van der Waals surface area contributed by atoms with Crippen molar-refractivity contribution in [3.63, 3.8) is 0 Å². The second-order valence-corrected chi connectivity index (χ2v) is 7.80. The standard InChI is InChI=1S/C12H13Br2N3O2S/c1-7-4-10(14)12(5-9(7)13)20(18,19)16-11-6-17(3)15-8(11)2/h4-6,16H,1-3H3. The molecule has 0 aliphatic heterocycles. The van der Waals surface area contributed by atoms with Crippen molar-refractivity contribution in [1.29, 1.82) is 0 Å². The summed E-state index contributed by atoms with van der Waals surface area (Å²) in [6.07, 6.45) is 1.63. The summed E-state index contributed by atoms with van der Waals surface area (Å²) < 4.78 is 30.3. The Labute approximate surface area is 134 Å². The van der Waals surface area contributed by atoms with E-state index in [1.807, 2.05) is 6.92 Å². The third kappa shape index (κ3) is 3.07. The summed E-state index contributed by atoms with van der Waals surface area (Å²) in [5.74, 6) is 0. The summed E-state index contributed by atoms with van der Waals surface area (Å²) in [6.45, 7) is 3.64. The zero-order valence-electron chi connectivity index (χ0n) is 11.1.